The highest BCUT2D eigenvalue weighted by atomic mass is 16.5. The van der Waals surface area contributed by atoms with Crippen molar-refractivity contribution in [2.45, 2.75) is 26.0 Å². The summed E-state index contributed by atoms with van der Waals surface area (Å²) in [6.07, 6.45) is -0.596. The van der Waals surface area contributed by atoms with Gasteiger partial charge in [0.05, 0.1) is 23.0 Å². The number of hydrogen-bond donors (Lipinski definition) is 1. The van der Waals surface area contributed by atoms with Crippen LogP contribution in [0.4, 0.5) is 11.4 Å². The molecule has 2 aromatic rings. The first-order valence-electron chi connectivity index (χ1n) is 7.41. The van der Waals surface area contributed by atoms with E-state index in [2.05, 4.69) is 6.07 Å². The molecule has 0 radical (unpaired) electrons. The number of nitrogens with zero attached hydrogens (tertiary/aromatic N) is 2. The maximum atomic E-state index is 12.7. The molecule has 3 rings (SSSR count). The van der Waals surface area contributed by atoms with Gasteiger partial charge in [-0.3, -0.25) is 9.69 Å². The third kappa shape index (κ3) is 2.49. The van der Waals surface area contributed by atoms with E-state index in [0.29, 0.717) is 22.7 Å². The van der Waals surface area contributed by atoms with Crippen molar-refractivity contribution in [1.29, 1.82) is 5.26 Å². The predicted molar refractivity (Wildman–Crippen MR) is 88.0 cm³/mol. The van der Waals surface area contributed by atoms with Gasteiger partial charge < -0.3 is 10.5 Å². The number of ether oxygens (including phenoxy) is 1. The molecule has 1 amide bonds. The first-order chi connectivity index (χ1) is 11.0. The van der Waals surface area contributed by atoms with E-state index >= 15 is 0 Å². The Labute approximate surface area is 134 Å². The summed E-state index contributed by atoms with van der Waals surface area (Å²) < 4.78 is 5.66. The third-order valence-electron chi connectivity index (χ3n) is 4.07. The van der Waals surface area contributed by atoms with Gasteiger partial charge in [-0.25, -0.2) is 0 Å². The highest BCUT2D eigenvalue weighted by Gasteiger charge is 2.35. The largest absolute Gasteiger partial charge is 0.479 e. The number of rotatable bonds is 2. The second-order valence-corrected chi connectivity index (χ2v) is 5.57. The summed E-state index contributed by atoms with van der Waals surface area (Å²) in [4.78, 5) is 14.4. The maximum absolute atomic E-state index is 12.7. The number of nitriles is 1. The lowest BCUT2D eigenvalue weighted by molar-refractivity contribution is -0.126. The molecule has 5 heteroatoms. The Morgan fingerprint density at radius 1 is 1.30 bits per heavy atom. The molecule has 0 spiro atoms. The minimum absolute atomic E-state index is 0.137. The van der Waals surface area contributed by atoms with Gasteiger partial charge in [-0.2, -0.15) is 5.26 Å². The molecule has 0 aromatic heterocycles. The van der Waals surface area contributed by atoms with E-state index in [1.807, 2.05) is 37.3 Å². The predicted octanol–water partition coefficient (Wildman–Crippen LogP) is 3.02. The highest BCUT2D eigenvalue weighted by molar-refractivity contribution is 6.01. The fourth-order valence-corrected chi connectivity index (χ4v) is 2.80. The van der Waals surface area contributed by atoms with E-state index in [-0.39, 0.29) is 11.9 Å². The molecule has 1 aliphatic heterocycles. The van der Waals surface area contributed by atoms with Crippen molar-refractivity contribution in [1.82, 2.24) is 0 Å². The molecule has 0 saturated carbocycles. The molecule has 0 saturated heterocycles. The standard InChI is InChI=1S/C18H17N3O2/c1-11(13-6-4-3-5-7-13)21-16-8-14(10-19)15(20)9-17(16)23-12(2)18(21)22/h3-9,11-12H,20H2,1-2H3/t11-,12+/m0/s1. The zero-order chi connectivity index (χ0) is 16.6. The summed E-state index contributed by atoms with van der Waals surface area (Å²) in [6.45, 7) is 3.67. The SMILES string of the molecule is C[C@H]1Oc2cc(N)c(C#N)cc2N([C@@H](C)c2ccccc2)C1=O. The summed E-state index contributed by atoms with van der Waals surface area (Å²) in [6, 6.07) is 14.9. The lowest BCUT2D eigenvalue weighted by Gasteiger charge is -2.37. The molecule has 0 bridgehead atoms. The number of nitrogen functional groups attached to an aromatic ring is 1. The minimum atomic E-state index is -0.596. The van der Waals surface area contributed by atoms with Crippen molar-refractivity contribution in [3.63, 3.8) is 0 Å². The van der Waals surface area contributed by atoms with Crippen molar-refractivity contribution in [2.75, 3.05) is 10.6 Å². The first kappa shape index (κ1) is 14.9. The zero-order valence-electron chi connectivity index (χ0n) is 13.0. The normalized spacial score (nSPS) is 17.9. The number of amides is 1. The molecular formula is C18H17N3O2. The summed E-state index contributed by atoms with van der Waals surface area (Å²) in [5.41, 5.74) is 8.13. The molecular weight excluding hydrogens is 290 g/mol. The summed E-state index contributed by atoms with van der Waals surface area (Å²) in [5.74, 6) is 0.388. The Hall–Kier alpha value is -3.00. The van der Waals surface area contributed by atoms with Crippen LogP contribution in [0.2, 0.25) is 0 Å². The van der Waals surface area contributed by atoms with Gasteiger partial charge in [0.1, 0.15) is 11.8 Å². The number of carbonyl (C=O) groups excluding carboxylic acids is 1. The monoisotopic (exact) mass is 307 g/mol. The van der Waals surface area contributed by atoms with Gasteiger partial charge in [0, 0.05) is 6.07 Å². The van der Waals surface area contributed by atoms with Crippen LogP contribution in [-0.4, -0.2) is 12.0 Å². The van der Waals surface area contributed by atoms with Crippen molar-refractivity contribution < 1.29 is 9.53 Å². The number of anilines is 2. The number of nitrogens with two attached hydrogens (primary N) is 1. The molecule has 23 heavy (non-hydrogen) atoms. The average Bonchev–Trinajstić information content (AvgIpc) is 2.56. The lowest BCUT2D eigenvalue weighted by Crippen LogP contribution is -2.45. The van der Waals surface area contributed by atoms with E-state index in [4.69, 9.17) is 10.5 Å². The van der Waals surface area contributed by atoms with Crippen molar-refractivity contribution in [3.8, 4) is 11.8 Å². The average molecular weight is 307 g/mol. The Morgan fingerprint density at radius 2 is 2.00 bits per heavy atom. The summed E-state index contributed by atoms with van der Waals surface area (Å²) >= 11 is 0. The van der Waals surface area contributed by atoms with Crippen molar-refractivity contribution >= 4 is 17.3 Å². The van der Waals surface area contributed by atoms with Crippen molar-refractivity contribution in [3.05, 3.63) is 53.6 Å². The van der Waals surface area contributed by atoms with Crippen molar-refractivity contribution in [2.24, 2.45) is 0 Å². The molecule has 2 N–H and O–H groups in total. The van der Waals surface area contributed by atoms with E-state index in [9.17, 15) is 10.1 Å². The van der Waals surface area contributed by atoms with Crippen LogP contribution in [0.15, 0.2) is 42.5 Å². The quantitative estimate of drug-likeness (QED) is 0.865. The van der Waals surface area contributed by atoms with Crippen LogP contribution >= 0.6 is 0 Å². The summed E-state index contributed by atoms with van der Waals surface area (Å²) in [5, 5.41) is 9.21. The Balaban J connectivity index is 2.13. The Morgan fingerprint density at radius 3 is 2.65 bits per heavy atom. The van der Waals surface area contributed by atoms with Crippen LogP contribution in [0.5, 0.6) is 5.75 Å². The Kier molecular flexibility index (Phi) is 3.67. The molecule has 0 unspecified atom stereocenters. The fourth-order valence-electron chi connectivity index (χ4n) is 2.80. The van der Waals surface area contributed by atoms with Crippen LogP contribution < -0.4 is 15.4 Å². The van der Waals surface area contributed by atoms with Crippen LogP contribution in [0.3, 0.4) is 0 Å². The molecule has 1 heterocycles. The third-order valence-corrected chi connectivity index (χ3v) is 4.07. The molecule has 0 aliphatic carbocycles. The zero-order valence-corrected chi connectivity index (χ0v) is 13.0. The van der Waals surface area contributed by atoms with Gasteiger partial charge >= 0.3 is 0 Å². The molecule has 116 valence electrons. The van der Waals surface area contributed by atoms with E-state index in [1.54, 1.807) is 24.0 Å². The van der Waals surface area contributed by atoms with Gasteiger partial charge in [-0.05, 0) is 25.5 Å². The topological polar surface area (TPSA) is 79.3 Å². The fraction of sp³-hybridized carbons (Fsp3) is 0.222. The second-order valence-electron chi connectivity index (χ2n) is 5.57. The van der Waals surface area contributed by atoms with Gasteiger partial charge in [-0.1, -0.05) is 30.3 Å². The highest BCUT2D eigenvalue weighted by Crippen LogP contribution is 2.41. The number of hydrogen-bond acceptors (Lipinski definition) is 4. The molecule has 0 fully saturated rings. The second kappa shape index (κ2) is 5.65. The molecule has 2 aromatic carbocycles. The smallest absolute Gasteiger partial charge is 0.268 e. The lowest BCUT2D eigenvalue weighted by atomic mass is 10.0. The number of benzene rings is 2. The van der Waals surface area contributed by atoms with E-state index in [0.717, 1.165) is 5.56 Å². The number of fused-ring (bicyclic) bond motifs is 1. The van der Waals surface area contributed by atoms with Gasteiger partial charge in [-0.15, -0.1) is 0 Å². The Bertz CT molecular complexity index is 796. The van der Waals surface area contributed by atoms with Crippen LogP contribution in [0.25, 0.3) is 0 Å². The van der Waals surface area contributed by atoms with Crippen LogP contribution in [0, 0.1) is 11.3 Å². The molecule has 5 nitrogen and oxygen atoms in total. The molecule has 1 aliphatic rings. The van der Waals surface area contributed by atoms with Crippen LogP contribution in [-0.2, 0) is 4.79 Å². The molecule has 2 atom stereocenters. The first-order valence-corrected chi connectivity index (χ1v) is 7.41. The van der Waals surface area contributed by atoms with E-state index in [1.165, 1.54) is 0 Å². The number of carbonyl (C=O) groups is 1. The van der Waals surface area contributed by atoms with Crippen LogP contribution in [0.1, 0.15) is 31.0 Å². The summed E-state index contributed by atoms with van der Waals surface area (Å²) in [7, 11) is 0. The minimum Gasteiger partial charge on any atom is -0.479 e. The maximum Gasteiger partial charge on any atom is 0.268 e. The van der Waals surface area contributed by atoms with Gasteiger partial charge in [0.25, 0.3) is 5.91 Å². The van der Waals surface area contributed by atoms with Gasteiger partial charge in [0.15, 0.2) is 6.10 Å². The van der Waals surface area contributed by atoms with Gasteiger partial charge in [0.2, 0.25) is 0 Å². The van der Waals surface area contributed by atoms with E-state index < -0.39 is 6.10 Å².